The second-order valence-electron chi connectivity index (χ2n) is 4.65. The summed E-state index contributed by atoms with van der Waals surface area (Å²) in [5.41, 5.74) is 0.667. The fourth-order valence-corrected chi connectivity index (χ4v) is 1.80. The van der Waals surface area contributed by atoms with Crippen molar-refractivity contribution in [2.75, 3.05) is 6.54 Å². The summed E-state index contributed by atoms with van der Waals surface area (Å²) in [6.07, 6.45) is 0.334. The largest absolute Gasteiger partial charge is 0.544 e. The van der Waals surface area contributed by atoms with Crippen LogP contribution in [-0.2, 0) is 4.79 Å². The molecule has 1 aromatic rings. The van der Waals surface area contributed by atoms with E-state index in [0.717, 1.165) is 0 Å². The standard InChI is InChI=1S/C14H19NO3/c1-10(2)13(14(17)18)15-9-8-12(16)11-6-4-3-5-7-11/h3-7,10,13,15H,8-9H2,1-2H3,(H,17,18)/t13-/m1/s1. The van der Waals surface area contributed by atoms with Gasteiger partial charge in [0, 0.05) is 11.5 Å². The van der Waals surface area contributed by atoms with Crippen LogP contribution in [0.4, 0.5) is 0 Å². The third-order valence-corrected chi connectivity index (χ3v) is 2.88. The molecule has 0 fully saturated rings. The van der Waals surface area contributed by atoms with Gasteiger partial charge in [0.05, 0.1) is 18.9 Å². The molecular formula is C14H19NO3. The van der Waals surface area contributed by atoms with Gasteiger partial charge in [-0.25, -0.2) is 0 Å². The number of Topliss-reactive ketones (excluding diaryl/α,β-unsaturated/α-hetero) is 1. The summed E-state index contributed by atoms with van der Waals surface area (Å²) in [7, 11) is 0. The van der Waals surface area contributed by atoms with Gasteiger partial charge in [0.25, 0.3) is 0 Å². The number of ketones is 1. The van der Waals surface area contributed by atoms with Crippen molar-refractivity contribution in [2.45, 2.75) is 26.3 Å². The molecule has 0 aliphatic carbocycles. The number of carboxylic acid groups (broad SMARTS) is 1. The first-order valence-corrected chi connectivity index (χ1v) is 6.14. The summed E-state index contributed by atoms with van der Waals surface area (Å²) in [4.78, 5) is 22.6. The molecule has 0 spiro atoms. The van der Waals surface area contributed by atoms with Crippen LogP contribution in [-0.4, -0.2) is 24.3 Å². The van der Waals surface area contributed by atoms with Crippen LogP contribution in [0.2, 0.25) is 0 Å². The fraction of sp³-hybridized carbons (Fsp3) is 0.429. The first-order valence-electron chi connectivity index (χ1n) is 6.14. The van der Waals surface area contributed by atoms with Crippen LogP contribution in [0.15, 0.2) is 30.3 Å². The number of quaternary nitrogens is 1. The summed E-state index contributed by atoms with van der Waals surface area (Å²) in [5, 5.41) is 12.5. The summed E-state index contributed by atoms with van der Waals surface area (Å²) in [5.74, 6) is -1.05. The maximum absolute atomic E-state index is 11.8. The molecule has 1 atom stereocenters. The molecule has 0 radical (unpaired) electrons. The Hall–Kier alpha value is -1.68. The molecule has 0 aromatic heterocycles. The molecule has 0 amide bonds. The number of carboxylic acids is 1. The molecule has 0 bridgehead atoms. The van der Waals surface area contributed by atoms with E-state index in [1.54, 1.807) is 17.4 Å². The lowest BCUT2D eigenvalue weighted by Gasteiger charge is -2.19. The molecule has 4 heteroatoms. The number of hydrogen-bond donors (Lipinski definition) is 1. The van der Waals surface area contributed by atoms with Gasteiger partial charge in [-0.05, 0) is 0 Å². The molecule has 0 aliphatic heterocycles. The number of carbonyl (C=O) groups is 2. The van der Waals surface area contributed by atoms with Crippen molar-refractivity contribution in [1.29, 1.82) is 0 Å². The lowest BCUT2D eigenvalue weighted by molar-refractivity contribution is -0.687. The Morgan fingerprint density at radius 2 is 1.83 bits per heavy atom. The fourth-order valence-electron chi connectivity index (χ4n) is 1.80. The molecule has 0 heterocycles. The van der Waals surface area contributed by atoms with Crippen molar-refractivity contribution >= 4 is 11.8 Å². The minimum absolute atomic E-state index is 0.0122. The molecular weight excluding hydrogens is 230 g/mol. The maximum Gasteiger partial charge on any atom is 0.168 e. The van der Waals surface area contributed by atoms with Crippen LogP contribution >= 0.6 is 0 Å². The summed E-state index contributed by atoms with van der Waals surface area (Å²) in [6, 6.07) is 8.42. The molecule has 0 aliphatic rings. The summed E-state index contributed by atoms with van der Waals surface area (Å²) < 4.78 is 0. The van der Waals surface area contributed by atoms with Crippen molar-refractivity contribution in [3.8, 4) is 0 Å². The van der Waals surface area contributed by atoms with E-state index in [2.05, 4.69) is 0 Å². The molecule has 18 heavy (non-hydrogen) atoms. The molecule has 0 saturated carbocycles. The Morgan fingerprint density at radius 3 is 2.33 bits per heavy atom. The predicted octanol–water partition coefficient (Wildman–Crippen LogP) is -0.403. The van der Waals surface area contributed by atoms with Gasteiger partial charge in [-0.2, -0.15) is 0 Å². The molecule has 0 unspecified atom stereocenters. The monoisotopic (exact) mass is 249 g/mol. The first-order chi connectivity index (χ1) is 8.52. The highest BCUT2D eigenvalue weighted by Gasteiger charge is 2.18. The molecule has 0 saturated heterocycles. The quantitative estimate of drug-likeness (QED) is 0.668. The van der Waals surface area contributed by atoms with Gasteiger partial charge < -0.3 is 15.2 Å². The van der Waals surface area contributed by atoms with Gasteiger partial charge in [-0.15, -0.1) is 0 Å². The van der Waals surface area contributed by atoms with E-state index < -0.39 is 12.0 Å². The second kappa shape index (κ2) is 6.91. The van der Waals surface area contributed by atoms with Crippen molar-refractivity contribution in [3.05, 3.63) is 35.9 Å². The van der Waals surface area contributed by atoms with Gasteiger partial charge in [-0.1, -0.05) is 44.2 Å². The molecule has 1 aromatic carbocycles. The highest BCUT2D eigenvalue weighted by molar-refractivity contribution is 5.96. The minimum atomic E-state index is -1.07. The third-order valence-electron chi connectivity index (χ3n) is 2.88. The van der Waals surface area contributed by atoms with E-state index in [0.29, 0.717) is 18.5 Å². The number of carbonyl (C=O) groups excluding carboxylic acids is 2. The third kappa shape index (κ3) is 4.30. The summed E-state index contributed by atoms with van der Waals surface area (Å²) in [6.45, 7) is 4.12. The zero-order valence-corrected chi connectivity index (χ0v) is 10.8. The SMILES string of the molecule is CC(C)[C@@H]([NH2+]CCC(=O)c1ccccc1)C(=O)[O-]. The number of nitrogens with two attached hydrogens (primary N) is 1. The Labute approximate surface area is 107 Å². The van der Waals surface area contributed by atoms with Crippen LogP contribution in [0.1, 0.15) is 30.6 Å². The Balaban J connectivity index is 2.42. The lowest BCUT2D eigenvalue weighted by atomic mass is 10.0. The highest BCUT2D eigenvalue weighted by atomic mass is 16.4. The smallest absolute Gasteiger partial charge is 0.168 e. The zero-order valence-electron chi connectivity index (χ0n) is 10.8. The van der Waals surface area contributed by atoms with E-state index in [9.17, 15) is 14.7 Å². The van der Waals surface area contributed by atoms with Crippen LogP contribution in [0.25, 0.3) is 0 Å². The number of aliphatic carboxylic acids is 1. The highest BCUT2D eigenvalue weighted by Crippen LogP contribution is 2.01. The Bertz CT molecular complexity index is 401. The van der Waals surface area contributed by atoms with Crippen LogP contribution in [0.3, 0.4) is 0 Å². The van der Waals surface area contributed by atoms with Gasteiger partial charge in [0.1, 0.15) is 6.04 Å². The van der Waals surface area contributed by atoms with Crippen LogP contribution < -0.4 is 10.4 Å². The van der Waals surface area contributed by atoms with E-state index in [-0.39, 0.29) is 11.7 Å². The van der Waals surface area contributed by atoms with Gasteiger partial charge in [0.15, 0.2) is 5.78 Å². The summed E-state index contributed by atoms with van der Waals surface area (Å²) >= 11 is 0. The predicted molar refractivity (Wildman–Crippen MR) is 65.8 cm³/mol. The molecule has 98 valence electrons. The zero-order chi connectivity index (χ0) is 13.5. The van der Waals surface area contributed by atoms with Crippen LogP contribution in [0.5, 0.6) is 0 Å². The number of hydrogen-bond acceptors (Lipinski definition) is 3. The number of benzene rings is 1. The van der Waals surface area contributed by atoms with Crippen molar-refractivity contribution < 1.29 is 20.0 Å². The molecule has 1 rings (SSSR count). The Morgan fingerprint density at radius 1 is 1.22 bits per heavy atom. The van der Waals surface area contributed by atoms with Crippen molar-refractivity contribution in [2.24, 2.45) is 5.92 Å². The van der Waals surface area contributed by atoms with Crippen molar-refractivity contribution in [3.63, 3.8) is 0 Å². The first kappa shape index (κ1) is 14.4. The topological polar surface area (TPSA) is 73.8 Å². The molecule has 4 nitrogen and oxygen atoms in total. The second-order valence-corrected chi connectivity index (χ2v) is 4.65. The van der Waals surface area contributed by atoms with E-state index in [1.165, 1.54) is 0 Å². The van der Waals surface area contributed by atoms with E-state index >= 15 is 0 Å². The number of rotatable bonds is 7. The van der Waals surface area contributed by atoms with Gasteiger partial charge in [0.2, 0.25) is 0 Å². The van der Waals surface area contributed by atoms with Gasteiger partial charge in [-0.3, -0.25) is 4.79 Å². The van der Waals surface area contributed by atoms with E-state index in [1.807, 2.05) is 32.0 Å². The average Bonchev–Trinajstić information content (AvgIpc) is 2.34. The van der Waals surface area contributed by atoms with Crippen LogP contribution in [0, 0.1) is 5.92 Å². The van der Waals surface area contributed by atoms with Gasteiger partial charge >= 0.3 is 0 Å². The normalized spacial score (nSPS) is 12.4. The maximum atomic E-state index is 11.8. The van der Waals surface area contributed by atoms with Crippen molar-refractivity contribution in [1.82, 2.24) is 0 Å². The molecule has 2 N–H and O–H groups in total. The minimum Gasteiger partial charge on any atom is -0.544 e. The Kier molecular flexibility index (Phi) is 5.52. The lowest BCUT2D eigenvalue weighted by Crippen LogP contribution is -2.94. The van der Waals surface area contributed by atoms with E-state index in [4.69, 9.17) is 0 Å². The average molecular weight is 249 g/mol.